The van der Waals surface area contributed by atoms with Crippen LogP contribution in [0.15, 0.2) is 50.3 Å². The molecule has 3 rings (SSSR count). The number of carbonyl (C=O) groups excluding carboxylic acids is 1. The van der Waals surface area contributed by atoms with Gasteiger partial charge in [-0.2, -0.15) is 9.98 Å². The second-order valence-corrected chi connectivity index (χ2v) is 3.27. The van der Waals surface area contributed by atoms with Crippen molar-refractivity contribution in [3.8, 4) is 0 Å². The van der Waals surface area contributed by atoms with Crippen LogP contribution >= 0.6 is 0 Å². The fraction of sp³-hybridized carbons (Fsp3) is 0. The zero-order valence-corrected chi connectivity index (χ0v) is 8.16. The van der Waals surface area contributed by atoms with E-state index in [1.165, 1.54) is 6.21 Å². The van der Waals surface area contributed by atoms with Crippen molar-refractivity contribution in [1.82, 2.24) is 0 Å². The lowest BCUT2D eigenvalue weighted by molar-refractivity contribution is 0.257. The first-order valence-corrected chi connectivity index (χ1v) is 4.73. The van der Waals surface area contributed by atoms with Gasteiger partial charge in [-0.25, -0.2) is 14.8 Å². The van der Waals surface area contributed by atoms with Gasteiger partial charge in [0.25, 0.3) is 0 Å². The lowest BCUT2D eigenvalue weighted by Crippen LogP contribution is -2.16. The van der Waals surface area contributed by atoms with E-state index in [1.54, 1.807) is 0 Å². The molecule has 0 atom stereocenters. The maximum absolute atomic E-state index is 10.9. The van der Waals surface area contributed by atoms with Gasteiger partial charge >= 0.3 is 6.03 Å². The van der Waals surface area contributed by atoms with E-state index in [0.717, 1.165) is 5.56 Å². The van der Waals surface area contributed by atoms with Gasteiger partial charge in [0.05, 0.1) is 6.21 Å². The van der Waals surface area contributed by atoms with Crippen LogP contribution < -0.4 is 0 Å². The number of amides is 2. The van der Waals surface area contributed by atoms with E-state index in [-0.39, 0.29) is 0 Å². The third kappa shape index (κ3) is 1.38. The highest BCUT2D eigenvalue weighted by molar-refractivity contribution is 6.68. The van der Waals surface area contributed by atoms with Gasteiger partial charge < -0.3 is 0 Å². The Morgan fingerprint density at radius 3 is 2.50 bits per heavy atom. The molecule has 0 N–H and O–H groups in total. The molecule has 0 aliphatic carbocycles. The molecule has 1 aromatic carbocycles. The summed E-state index contributed by atoms with van der Waals surface area (Å²) in [7, 11) is 0. The first kappa shape index (κ1) is 8.84. The lowest BCUT2D eigenvalue weighted by atomic mass is 10.2. The van der Waals surface area contributed by atoms with Crippen molar-refractivity contribution in [3.05, 3.63) is 35.9 Å². The molecule has 0 bridgehead atoms. The molecule has 0 fully saturated rings. The van der Waals surface area contributed by atoms with Gasteiger partial charge in [-0.05, 0) is 0 Å². The predicted octanol–water partition coefficient (Wildman–Crippen LogP) is 1.49. The van der Waals surface area contributed by atoms with Gasteiger partial charge in [-0.3, -0.25) is 0 Å². The Morgan fingerprint density at radius 1 is 0.875 bits per heavy atom. The molecule has 2 aliphatic heterocycles. The highest BCUT2D eigenvalue weighted by Gasteiger charge is 2.21. The normalized spacial score (nSPS) is 17.8. The second-order valence-electron chi connectivity index (χ2n) is 3.27. The number of carbonyl (C=O) groups is 1. The average Bonchev–Trinajstić information content (AvgIpc) is 2.73. The number of hydrogen-bond donors (Lipinski definition) is 0. The topological polar surface area (TPSA) is 66.5 Å². The molecule has 5 nitrogen and oxygen atoms in total. The fourth-order valence-corrected chi connectivity index (χ4v) is 1.47. The van der Waals surface area contributed by atoms with E-state index in [2.05, 4.69) is 20.0 Å². The van der Waals surface area contributed by atoms with Crippen molar-refractivity contribution >= 4 is 29.6 Å². The van der Waals surface area contributed by atoms with Gasteiger partial charge in [0.2, 0.25) is 0 Å². The molecule has 2 heterocycles. The Bertz CT molecular complexity index is 581. The molecule has 0 saturated carbocycles. The first-order valence-electron chi connectivity index (χ1n) is 4.73. The van der Waals surface area contributed by atoms with Crippen molar-refractivity contribution < 1.29 is 4.79 Å². The Balaban J connectivity index is 2.05. The quantitative estimate of drug-likeness (QED) is 0.692. The number of nitrogens with zero attached hydrogens (tertiary/aromatic N) is 4. The van der Waals surface area contributed by atoms with Gasteiger partial charge in [0.15, 0.2) is 11.7 Å². The van der Waals surface area contributed by atoms with Crippen LogP contribution in [0.3, 0.4) is 0 Å². The number of rotatable bonds is 1. The van der Waals surface area contributed by atoms with Crippen LogP contribution in [0.1, 0.15) is 5.56 Å². The lowest BCUT2D eigenvalue weighted by Gasteiger charge is -1.95. The monoisotopic (exact) mass is 210 g/mol. The van der Waals surface area contributed by atoms with E-state index in [4.69, 9.17) is 0 Å². The largest absolute Gasteiger partial charge is 0.369 e. The summed E-state index contributed by atoms with van der Waals surface area (Å²) in [6.07, 6.45) is 1.39. The summed E-state index contributed by atoms with van der Waals surface area (Å²) in [6, 6.07) is 9.00. The van der Waals surface area contributed by atoms with E-state index in [1.807, 2.05) is 30.3 Å². The second kappa shape index (κ2) is 3.30. The Kier molecular flexibility index (Phi) is 1.83. The summed E-state index contributed by atoms with van der Waals surface area (Å²) >= 11 is 0. The molecule has 0 radical (unpaired) electrons. The molecule has 2 amide bonds. The number of aliphatic imine (C=N–C) groups is 4. The van der Waals surface area contributed by atoms with E-state index in [0.29, 0.717) is 17.4 Å². The van der Waals surface area contributed by atoms with Crippen molar-refractivity contribution in [2.75, 3.05) is 0 Å². The molecule has 2 aliphatic rings. The van der Waals surface area contributed by atoms with Crippen LogP contribution in [0, 0.1) is 0 Å². The zero-order valence-electron chi connectivity index (χ0n) is 8.16. The van der Waals surface area contributed by atoms with Gasteiger partial charge in [-0.15, -0.1) is 0 Å². The van der Waals surface area contributed by atoms with Crippen LogP contribution in [0.25, 0.3) is 0 Å². The molecular weight excluding hydrogens is 204 g/mol. The summed E-state index contributed by atoms with van der Waals surface area (Å²) in [5, 5.41) is 0. The number of benzene rings is 1. The van der Waals surface area contributed by atoms with Crippen LogP contribution in [0.4, 0.5) is 4.79 Å². The van der Waals surface area contributed by atoms with Gasteiger partial charge in [-0.1, -0.05) is 30.3 Å². The van der Waals surface area contributed by atoms with E-state index >= 15 is 0 Å². The molecule has 76 valence electrons. The van der Waals surface area contributed by atoms with Crippen molar-refractivity contribution in [2.24, 2.45) is 20.0 Å². The number of fused-ring (bicyclic) bond motifs is 1. The summed E-state index contributed by atoms with van der Waals surface area (Å²) in [6.45, 7) is 0. The molecule has 0 spiro atoms. The third-order valence-corrected chi connectivity index (χ3v) is 2.20. The number of hydrogen-bond acceptors (Lipinski definition) is 3. The van der Waals surface area contributed by atoms with Crippen molar-refractivity contribution in [3.63, 3.8) is 0 Å². The summed E-state index contributed by atoms with van der Waals surface area (Å²) in [4.78, 5) is 26.6. The highest BCUT2D eigenvalue weighted by atomic mass is 16.2. The summed E-state index contributed by atoms with van der Waals surface area (Å²) in [5.41, 5.74) is 1.44. The number of urea groups is 1. The highest BCUT2D eigenvalue weighted by Crippen LogP contribution is 2.11. The molecular formula is C11H6N4O. The van der Waals surface area contributed by atoms with Crippen LogP contribution in [0.2, 0.25) is 0 Å². The third-order valence-electron chi connectivity index (χ3n) is 2.20. The maximum atomic E-state index is 10.9. The minimum Gasteiger partial charge on any atom is -0.244 e. The molecule has 5 heteroatoms. The predicted molar refractivity (Wildman–Crippen MR) is 61.7 cm³/mol. The van der Waals surface area contributed by atoms with Crippen LogP contribution in [-0.4, -0.2) is 29.6 Å². The smallest absolute Gasteiger partial charge is 0.244 e. The fourth-order valence-electron chi connectivity index (χ4n) is 1.47. The Hall–Kier alpha value is -2.43. The zero-order chi connectivity index (χ0) is 11.0. The van der Waals surface area contributed by atoms with E-state index < -0.39 is 6.03 Å². The van der Waals surface area contributed by atoms with Crippen LogP contribution in [-0.2, 0) is 0 Å². The van der Waals surface area contributed by atoms with Gasteiger partial charge in [0, 0.05) is 5.56 Å². The SMILES string of the molecule is O=C1N=CC2=NC(c3ccccc3)=NC2=N1. The number of amidine groups is 2. The van der Waals surface area contributed by atoms with Crippen molar-refractivity contribution in [2.45, 2.75) is 0 Å². The molecule has 0 unspecified atom stereocenters. The summed E-state index contributed by atoms with van der Waals surface area (Å²) in [5.74, 6) is 0.911. The van der Waals surface area contributed by atoms with Crippen molar-refractivity contribution in [1.29, 1.82) is 0 Å². The minimum absolute atomic E-state index is 0.346. The molecule has 0 saturated heterocycles. The molecule has 16 heavy (non-hydrogen) atoms. The molecule has 1 aromatic rings. The maximum Gasteiger partial charge on any atom is 0.369 e. The molecule has 0 aromatic heterocycles. The Morgan fingerprint density at radius 2 is 1.69 bits per heavy atom. The minimum atomic E-state index is -0.535. The van der Waals surface area contributed by atoms with Gasteiger partial charge in [0.1, 0.15) is 5.71 Å². The average molecular weight is 210 g/mol. The summed E-state index contributed by atoms with van der Waals surface area (Å²) < 4.78 is 0. The van der Waals surface area contributed by atoms with Crippen LogP contribution in [0.5, 0.6) is 0 Å². The standard InChI is InChI=1S/C11H6N4O/c16-11-12-6-8-10(15-11)14-9(13-8)7-4-2-1-3-5-7/h1-6H. The van der Waals surface area contributed by atoms with E-state index in [9.17, 15) is 4.79 Å². The Labute approximate surface area is 91.0 Å². The first-order chi connectivity index (χ1) is 7.83.